The molecule has 2 rings (SSSR count). The van der Waals surface area contributed by atoms with Crippen molar-refractivity contribution in [3.8, 4) is 0 Å². The second kappa shape index (κ2) is 11.5. The number of ether oxygens (including phenoxy) is 2. The molecule has 0 saturated carbocycles. The smallest absolute Gasteiger partial charge is 0.0594 e. The van der Waals surface area contributed by atoms with E-state index in [9.17, 15) is 0 Å². The van der Waals surface area contributed by atoms with E-state index >= 15 is 0 Å². The number of hydrogen-bond donors (Lipinski definition) is 2. The van der Waals surface area contributed by atoms with Crippen LogP contribution in [0.4, 0.5) is 0 Å². The van der Waals surface area contributed by atoms with Gasteiger partial charge in [-0.25, -0.2) is 0 Å². The maximum absolute atomic E-state index is 5.72. The molecule has 0 radical (unpaired) electrons. The van der Waals surface area contributed by atoms with Gasteiger partial charge in [0.2, 0.25) is 0 Å². The number of nitrogens with one attached hydrogen (secondary N) is 2. The SMILES string of the molecule is CCNCCOCCN1CC2(C1)CN(CCOCCNCC(C)C)C2. The van der Waals surface area contributed by atoms with E-state index in [1.165, 1.54) is 26.2 Å². The standard InChI is InChI=1S/C19H40N4O2/c1-4-20-5-9-24-11-7-22-14-19(15-22)16-23(17-19)8-12-25-10-6-21-13-18(2)3/h18,20-21H,4-17H2,1-3H3. The Labute approximate surface area is 154 Å². The summed E-state index contributed by atoms with van der Waals surface area (Å²) in [5, 5.41) is 6.69. The third kappa shape index (κ3) is 7.89. The van der Waals surface area contributed by atoms with Crippen molar-refractivity contribution in [3.63, 3.8) is 0 Å². The highest BCUT2D eigenvalue weighted by Gasteiger charge is 2.50. The first-order valence-electron chi connectivity index (χ1n) is 10.2. The summed E-state index contributed by atoms with van der Waals surface area (Å²) in [6, 6.07) is 0. The minimum Gasteiger partial charge on any atom is -0.379 e. The first-order chi connectivity index (χ1) is 12.1. The molecule has 2 aliphatic rings. The summed E-state index contributed by atoms with van der Waals surface area (Å²) in [6.07, 6.45) is 0. The Morgan fingerprint density at radius 3 is 1.84 bits per heavy atom. The van der Waals surface area contributed by atoms with Crippen molar-refractivity contribution >= 4 is 0 Å². The van der Waals surface area contributed by atoms with Crippen LogP contribution in [0.1, 0.15) is 20.8 Å². The lowest BCUT2D eigenvalue weighted by Gasteiger charge is -2.60. The van der Waals surface area contributed by atoms with E-state index in [0.717, 1.165) is 65.7 Å². The third-order valence-electron chi connectivity index (χ3n) is 4.99. The highest BCUT2D eigenvalue weighted by molar-refractivity contribution is 5.05. The number of nitrogens with zero attached hydrogens (tertiary/aromatic N) is 2. The molecule has 2 N–H and O–H groups in total. The Hall–Kier alpha value is -0.240. The van der Waals surface area contributed by atoms with Crippen LogP contribution in [0.25, 0.3) is 0 Å². The summed E-state index contributed by atoms with van der Waals surface area (Å²) in [4.78, 5) is 5.06. The van der Waals surface area contributed by atoms with Gasteiger partial charge in [-0.15, -0.1) is 0 Å². The summed E-state index contributed by atoms with van der Waals surface area (Å²) < 4.78 is 11.4. The van der Waals surface area contributed by atoms with Crippen LogP contribution in [0, 0.1) is 11.3 Å². The summed E-state index contributed by atoms with van der Waals surface area (Å²) in [5.74, 6) is 0.712. The third-order valence-corrected chi connectivity index (χ3v) is 4.99. The molecular weight excluding hydrogens is 316 g/mol. The second-order valence-corrected chi connectivity index (χ2v) is 8.10. The molecule has 0 aromatic heterocycles. The monoisotopic (exact) mass is 356 g/mol. The molecule has 2 aliphatic heterocycles. The molecule has 0 aromatic rings. The lowest BCUT2D eigenvalue weighted by molar-refractivity contribution is -0.123. The molecule has 0 amide bonds. The summed E-state index contributed by atoms with van der Waals surface area (Å²) in [5.41, 5.74) is 0.586. The molecule has 0 unspecified atom stereocenters. The van der Waals surface area contributed by atoms with E-state index in [-0.39, 0.29) is 0 Å². The number of likely N-dealkylation sites (N-methyl/N-ethyl adjacent to an activating group) is 1. The van der Waals surface area contributed by atoms with Gasteiger partial charge in [-0.3, -0.25) is 9.80 Å². The van der Waals surface area contributed by atoms with Crippen molar-refractivity contribution in [2.45, 2.75) is 20.8 Å². The highest BCUT2D eigenvalue weighted by Crippen LogP contribution is 2.38. The molecule has 2 fully saturated rings. The average Bonchev–Trinajstić information content (AvgIpc) is 2.51. The van der Waals surface area contributed by atoms with Gasteiger partial charge in [0.15, 0.2) is 0 Å². The Morgan fingerprint density at radius 2 is 1.36 bits per heavy atom. The number of hydrogen-bond acceptors (Lipinski definition) is 6. The van der Waals surface area contributed by atoms with E-state index in [1.54, 1.807) is 0 Å². The van der Waals surface area contributed by atoms with E-state index in [1.807, 2.05) is 0 Å². The molecule has 0 atom stereocenters. The predicted molar refractivity (Wildman–Crippen MR) is 103 cm³/mol. The normalized spacial score (nSPS) is 20.2. The van der Waals surface area contributed by atoms with Crippen molar-refractivity contribution in [1.82, 2.24) is 20.4 Å². The summed E-state index contributed by atoms with van der Waals surface area (Å²) in [6.45, 7) is 21.2. The second-order valence-electron chi connectivity index (χ2n) is 8.10. The van der Waals surface area contributed by atoms with Crippen LogP contribution in [0.3, 0.4) is 0 Å². The Balaban J connectivity index is 1.35. The Bertz CT molecular complexity index is 340. The molecule has 2 saturated heterocycles. The minimum absolute atomic E-state index is 0.586. The molecule has 1 spiro atoms. The van der Waals surface area contributed by atoms with Crippen LogP contribution in [0.15, 0.2) is 0 Å². The number of likely N-dealkylation sites (tertiary alicyclic amines) is 2. The molecule has 0 aromatic carbocycles. The van der Waals surface area contributed by atoms with Crippen molar-refractivity contribution in [3.05, 3.63) is 0 Å². The van der Waals surface area contributed by atoms with Crippen LogP contribution in [0.2, 0.25) is 0 Å². The lowest BCUT2D eigenvalue weighted by Crippen LogP contribution is -2.72. The fourth-order valence-electron chi connectivity index (χ4n) is 3.77. The lowest BCUT2D eigenvalue weighted by atomic mass is 9.73. The number of rotatable bonds is 15. The first kappa shape index (κ1) is 21.1. The topological polar surface area (TPSA) is 49.0 Å². The summed E-state index contributed by atoms with van der Waals surface area (Å²) >= 11 is 0. The van der Waals surface area contributed by atoms with Gasteiger partial charge in [-0.1, -0.05) is 20.8 Å². The van der Waals surface area contributed by atoms with Crippen LogP contribution in [-0.4, -0.2) is 102 Å². The maximum atomic E-state index is 5.72. The zero-order valence-electron chi connectivity index (χ0n) is 16.7. The van der Waals surface area contributed by atoms with Gasteiger partial charge in [0.25, 0.3) is 0 Å². The van der Waals surface area contributed by atoms with Crippen LogP contribution < -0.4 is 10.6 Å². The minimum atomic E-state index is 0.586. The van der Waals surface area contributed by atoms with E-state index in [0.29, 0.717) is 11.3 Å². The molecule has 0 aliphatic carbocycles. The predicted octanol–water partition coefficient (Wildman–Crippen LogP) is 0.492. The van der Waals surface area contributed by atoms with Gasteiger partial charge in [0.05, 0.1) is 26.4 Å². The van der Waals surface area contributed by atoms with E-state index in [2.05, 4.69) is 41.2 Å². The maximum Gasteiger partial charge on any atom is 0.0594 e. The average molecular weight is 357 g/mol. The zero-order chi connectivity index (χ0) is 18.0. The first-order valence-corrected chi connectivity index (χ1v) is 10.2. The van der Waals surface area contributed by atoms with E-state index < -0.39 is 0 Å². The fourth-order valence-corrected chi connectivity index (χ4v) is 3.77. The zero-order valence-corrected chi connectivity index (χ0v) is 16.7. The van der Waals surface area contributed by atoms with Crippen molar-refractivity contribution in [1.29, 1.82) is 0 Å². The molecule has 0 bridgehead atoms. The van der Waals surface area contributed by atoms with Crippen molar-refractivity contribution in [2.75, 3.05) is 91.9 Å². The van der Waals surface area contributed by atoms with Gasteiger partial charge in [-0.05, 0) is 19.0 Å². The highest BCUT2D eigenvalue weighted by atomic mass is 16.5. The van der Waals surface area contributed by atoms with Gasteiger partial charge in [0.1, 0.15) is 0 Å². The molecule has 148 valence electrons. The van der Waals surface area contributed by atoms with Crippen molar-refractivity contribution in [2.24, 2.45) is 11.3 Å². The van der Waals surface area contributed by atoms with Gasteiger partial charge >= 0.3 is 0 Å². The van der Waals surface area contributed by atoms with Crippen LogP contribution >= 0.6 is 0 Å². The Morgan fingerprint density at radius 1 is 0.840 bits per heavy atom. The molecule has 2 heterocycles. The van der Waals surface area contributed by atoms with Crippen molar-refractivity contribution < 1.29 is 9.47 Å². The quantitative estimate of drug-likeness (QED) is 0.417. The van der Waals surface area contributed by atoms with Gasteiger partial charge in [-0.2, -0.15) is 0 Å². The van der Waals surface area contributed by atoms with Gasteiger partial charge < -0.3 is 20.1 Å². The Kier molecular flexibility index (Phi) is 9.66. The van der Waals surface area contributed by atoms with E-state index in [4.69, 9.17) is 9.47 Å². The van der Waals surface area contributed by atoms with Crippen LogP contribution in [0.5, 0.6) is 0 Å². The summed E-state index contributed by atoms with van der Waals surface area (Å²) in [7, 11) is 0. The molecular formula is C19H40N4O2. The molecule has 6 nitrogen and oxygen atoms in total. The fraction of sp³-hybridized carbons (Fsp3) is 1.00. The van der Waals surface area contributed by atoms with Crippen LogP contribution in [-0.2, 0) is 9.47 Å². The van der Waals surface area contributed by atoms with Gasteiger partial charge in [0, 0.05) is 57.8 Å². The molecule has 6 heteroatoms. The molecule has 25 heavy (non-hydrogen) atoms. The largest absolute Gasteiger partial charge is 0.379 e.